The zero-order valence-corrected chi connectivity index (χ0v) is 19.1. The molecule has 24 heavy (non-hydrogen) atoms. The van der Waals surface area contributed by atoms with Crippen LogP contribution in [0.1, 0.15) is 83.1 Å². The first kappa shape index (κ1) is 35.4. The van der Waals surface area contributed by atoms with Crippen LogP contribution in [0.3, 0.4) is 0 Å². The van der Waals surface area contributed by atoms with Crippen LogP contribution in [-0.2, 0) is 33.5 Å². The summed E-state index contributed by atoms with van der Waals surface area (Å²) in [7, 11) is 0. The first-order valence-electron chi connectivity index (χ1n) is 7.42. The van der Waals surface area contributed by atoms with Crippen molar-refractivity contribution in [1.29, 1.82) is 0 Å². The van der Waals surface area contributed by atoms with E-state index in [9.17, 15) is 0 Å². The molecule has 0 aliphatic carbocycles. The predicted octanol–water partition coefficient (Wildman–Crippen LogP) is 3.98. The Kier molecular flexibility index (Phi) is 24.7. The summed E-state index contributed by atoms with van der Waals surface area (Å²) in [5.41, 5.74) is -1.81. The molecule has 0 aromatic carbocycles. The molecule has 150 valence electrons. The Bertz CT molecular complexity index is 207. The number of hydrogen-bond acceptors (Lipinski definition) is 7. The minimum atomic E-state index is -0.500. The summed E-state index contributed by atoms with van der Waals surface area (Å²) in [6.45, 7) is 21.1. The summed E-state index contributed by atoms with van der Waals surface area (Å²) in [5.74, 6) is 0. The summed E-state index contributed by atoms with van der Waals surface area (Å²) in [5, 5.41) is 32.8. The summed E-state index contributed by atoms with van der Waals surface area (Å²) < 4.78 is 8.25. The fourth-order valence-electron chi connectivity index (χ4n) is 0. The third-order valence-corrected chi connectivity index (χ3v) is 0.548. The van der Waals surface area contributed by atoms with Gasteiger partial charge in [-0.15, -0.1) is 0 Å². The van der Waals surface area contributed by atoms with Crippen LogP contribution in [0.2, 0.25) is 0 Å². The van der Waals surface area contributed by atoms with Crippen LogP contribution < -0.4 is 0 Å². The van der Waals surface area contributed by atoms with Gasteiger partial charge in [0.05, 0.1) is 22.4 Å². The second-order valence-electron chi connectivity index (χ2n) is 8.75. The molecule has 0 heterocycles. The van der Waals surface area contributed by atoms with Crippen molar-refractivity contribution in [1.82, 2.24) is 0 Å². The molecule has 0 saturated carbocycles. The second kappa shape index (κ2) is 16.7. The molecule has 0 aromatic heterocycles. The molecule has 0 amide bonds. The monoisotopic (exact) mass is 392 g/mol. The standard InChI is InChI=1S/2C4H10O2.2C4H10O.O.Ti/c2*1-4(2,3)6-5;2*1-4(2,3)5;;/h2*5H,1-3H3;2*5H,1-3H3;;. The van der Waals surface area contributed by atoms with Crippen LogP contribution in [0.15, 0.2) is 0 Å². The molecular formula is C16H40O7Ti. The van der Waals surface area contributed by atoms with E-state index in [4.69, 9.17) is 24.1 Å². The molecule has 0 saturated heterocycles. The van der Waals surface area contributed by atoms with E-state index in [0.29, 0.717) is 0 Å². The Morgan fingerprint density at radius 3 is 0.583 bits per heavy atom. The molecule has 0 rings (SSSR count). The van der Waals surface area contributed by atoms with E-state index in [1.807, 2.05) is 0 Å². The van der Waals surface area contributed by atoms with Crippen molar-refractivity contribution in [3.63, 3.8) is 0 Å². The number of aliphatic hydroxyl groups is 2. The summed E-state index contributed by atoms with van der Waals surface area (Å²) in [4.78, 5) is 7.88. The van der Waals surface area contributed by atoms with Crippen LogP contribution in [-0.4, -0.2) is 43.1 Å². The first-order valence-corrected chi connectivity index (χ1v) is 8.06. The van der Waals surface area contributed by atoms with Gasteiger partial charge in [0.15, 0.2) is 0 Å². The predicted molar refractivity (Wildman–Crippen MR) is 91.6 cm³/mol. The zero-order valence-electron chi connectivity index (χ0n) is 17.5. The molecule has 0 unspecified atom stereocenters. The molecule has 0 radical (unpaired) electrons. The van der Waals surface area contributed by atoms with Crippen LogP contribution >= 0.6 is 0 Å². The molecule has 0 aromatic rings. The van der Waals surface area contributed by atoms with Crippen LogP contribution in [0.5, 0.6) is 0 Å². The van der Waals surface area contributed by atoms with Gasteiger partial charge in [-0.05, 0) is 83.1 Å². The van der Waals surface area contributed by atoms with Crippen LogP contribution in [0, 0.1) is 0 Å². The van der Waals surface area contributed by atoms with E-state index in [1.165, 1.54) is 0 Å². The summed E-state index contributed by atoms with van der Waals surface area (Å²) in [6, 6.07) is 0. The number of rotatable bonds is 0. The summed E-state index contributed by atoms with van der Waals surface area (Å²) in [6.07, 6.45) is 0. The van der Waals surface area contributed by atoms with Gasteiger partial charge in [0, 0.05) is 0 Å². The quantitative estimate of drug-likeness (QED) is 0.280. The van der Waals surface area contributed by atoms with E-state index in [2.05, 4.69) is 9.78 Å². The van der Waals surface area contributed by atoms with Crippen molar-refractivity contribution < 1.29 is 54.2 Å². The van der Waals surface area contributed by atoms with E-state index >= 15 is 0 Å². The van der Waals surface area contributed by atoms with Crippen molar-refractivity contribution in [2.45, 2.75) is 105 Å². The fraction of sp³-hybridized carbons (Fsp3) is 1.00. The van der Waals surface area contributed by atoms with E-state index in [1.54, 1.807) is 83.1 Å². The average molecular weight is 392 g/mol. The van der Waals surface area contributed by atoms with Crippen molar-refractivity contribution in [2.75, 3.05) is 0 Å². The molecule has 0 fully saturated rings. The van der Waals surface area contributed by atoms with Gasteiger partial charge >= 0.3 is 23.7 Å². The van der Waals surface area contributed by atoms with Crippen molar-refractivity contribution >= 4 is 0 Å². The van der Waals surface area contributed by atoms with Gasteiger partial charge in [0.1, 0.15) is 0 Å². The van der Waals surface area contributed by atoms with Gasteiger partial charge in [-0.25, -0.2) is 9.78 Å². The maximum atomic E-state index is 8.52. The van der Waals surface area contributed by atoms with Gasteiger partial charge in [-0.2, -0.15) is 0 Å². The van der Waals surface area contributed by atoms with E-state index in [-0.39, 0.29) is 0 Å². The second-order valence-corrected chi connectivity index (χ2v) is 8.75. The zero-order chi connectivity index (χ0) is 21.4. The van der Waals surface area contributed by atoms with Crippen LogP contribution in [0.25, 0.3) is 0 Å². The van der Waals surface area contributed by atoms with Crippen molar-refractivity contribution in [2.24, 2.45) is 0 Å². The normalized spacial score (nSPS) is 11.1. The average Bonchev–Trinajstić information content (AvgIpc) is 2.26. The Balaban J connectivity index is -0.0000000647. The maximum absolute atomic E-state index is 8.52. The third kappa shape index (κ3) is 256. The van der Waals surface area contributed by atoms with E-state index < -0.39 is 22.4 Å². The minimum absolute atomic E-state index is 0.403. The molecule has 7 nitrogen and oxygen atoms in total. The van der Waals surface area contributed by atoms with Gasteiger partial charge < -0.3 is 10.2 Å². The first-order chi connectivity index (χ1) is 10.1. The Morgan fingerprint density at radius 1 is 0.542 bits per heavy atom. The number of hydrogen-bond donors (Lipinski definition) is 4. The Labute approximate surface area is 160 Å². The van der Waals surface area contributed by atoms with Gasteiger partial charge in [-0.1, -0.05) is 0 Å². The fourth-order valence-corrected chi connectivity index (χ4v) is 0. The molecule has 0 bridgehead atoms. The van der Waals surface area contributed by atoms with Crippen molar-refractivity contribution in [3.8, 4) is 0 Å². The molecule has 0 aliphatic heterocycles. The van der Waals surface area contributed by atoms with Gasteiger partial charge in [0.25, 0.3) is 0 Å². The Hall–Kier alpha value is 0.274. The molecule has 4 N–H and O–H groups in total. The van der Waals surface area contributed by atoms with Crippen LogP contribution in [0.4, 0.5) is 0 Å². The van der Waals surface area contributed by atoms with Crippen molar-refractivity contribution in [3.05, 3.63) is 0 Å². The topological polar surface area (TPSA) is 116 Å². The third-order valence-electron chi connectivity index (χ3n) is 0.548. The Morgan fingerprint density at radius 2 is 0.583 bits per heavy atom. The van der Waals surface area contributed by atoms with Gasteiger partial charge in [0.2, 0.25) is 0 Å². The summed E-state index contributed by atoms with van der Waals surface area (Å²) >= 11 is 0.750. The molecule has 0 atom stereocenters. The van der Waals surface area contributed by atoms with Gasteiger partial charge in [-0.3, -0.25) is 10.5 Å². The molecule has 0 aliphatic rings. The molecule has 0 spiro atoms. The SMILES string of the molecule is CC(C)(C)O.CC(C)(C)O.CC(C)(C)OO.CC(C)(C)OO.[O]=[Ti]. The van der Waals surface area contributed by atoms with E-state index in [0.717, 1.165) is 20.4 Å². The molecule has 8 heteroatoms. The molecular weight excluding hydrogens is 352 g/mol.